The largest absolute Gasteiger partial charge is 0.481 e. The summed E-state index contributed by atoms with van der Waals surface area (Å²) in [7, 11) is 0. The Labute approximate surface area is 118 Å². The summed E-state index contributed by atoms with van der Waals surface area (Å²) in [5.74, 6) is -1.30. The zero-order valence-electron chi connectivity index (χ0n) is 11.9. The molecule has 0 spiro atoms. The number of carbonyl (C=O) groups excluding carboxylic acids is 1. The predicted molar refractivity (Wildman–Crippen MR) is 75.5 cm³/mol. The molecule has 0 bridgehead atoms. The van der Waals surface area contributed by atoms with Crippen molar-refractivity contribution in [2.24, 2.45) is 0 Å². The van der Waals surface area contributed by atoms with E-state index in [-0.39, 0.29) is 12.3 Å². The summed E-state index contributed by atoms with van der Waals surface area (Å²) in [6, 6.07) is 8.80. The van der Waals surface area contributed by atoms with Crippen LogP contribution in [0.4, 0.5) is 0 Å². The number of hydrogen-bond donors (Lipinski definition) is 2. The molecule has 110 valence electrons. The van der Waals surface area contributed by atoms with E-state index in [1.54, 1.807) is 31.2 Å². The number of hydrogen-bond acceptors (Lipinski definition) is 3. The fourth-order valence-corrected chi connectivity index (χ4v) is 1.90. The van der Waals surface area contributed by atoms with E-state index >= 15 is 0 Å². The standard InChI is InChI=1S/C15H21NO4/c1-3-20-10-9-16-13(17)11-15(2,14(18)19)12-7-5-4-6-8-12/h4-8H,3,9-11H2,1-2H3,(H,16,17)(H,18,19). The zero-order chi connectivity index (χ0) is 15.0. The first-order valence-electron chi connectivity index (χ1n) is 6.64. The first kappa shape index (κ1) is 16.2. The first-order valence-corrected chi connectivity index (χ1v) is 6.64. The molecule has 0 saturated heterocycles. The summed E-state index contributed by atoms with van der Waals surface area (Å²) in [4.78, 5) is 23.4. The normalized spacial score (nSPS) is 13.5. The zero-order valence-corrected chi connectivity index (χ0v) is 11.9. The van der Waals surface area contributed by atoms with Crippen LogP contribution in [-0.4, -0.2) is 36.7 Å². The Kier molecular flexibility index (Phi) is 6.18. The molecule has 5 heteroatoms. The van der Waals surface area contributed by atoms with Crippen LogP contribution in [0.5, 0.6) is 0 Å². The van der Waals surface area contributed by atoms with Gasteiger partial charge in [-0.15, -0.1) is 0 Å². The minimum atomic E-state index is -1.23. The number of aliphatic carboxylic acids is 1. The molecule has 0 heterocycles. The average molecular weight is 279 g/mol. The van der Waals surface area contributed by atoms with Crippen molar-refractivity contribution < 1.29 is 19.4 Å². The summed E-state index contributed by atoms with van der Waals surface area (Å²) in [5.41, 5.74) is -0.607. The number of amides is 1. The number of carbonyl (C=O) groups is 2. The minimum absolute atomic E-state index is 0.0987. The highest BCUT2D eigenvalue weighted by Crippen LogP contribution is 2.27. The quantitative estimate of drug-likeness (QED) is 0.708. The van der Waals surface area contributed by atoms with Gasteiger partial charge in [-0.3, -0.25) is 9.59 Å². The summed E-state index contributed by atoms with van der Waals surface area (Å²) >= 11 is 0. The first-order chi connectivity index (χ1) is 9.50. The minimum Gasteiger partial charge on any atom is -0.481 e. The number of carboxylic acids is 1. The summed E-state index contributed by atoms with van der Waals surface area (Å²) in [6.45, 7) is 4.84. The molecule has 1 rings (SSSR count). The molecule has 0 fully saturated rings. The maximum Gasteiger partial charge on any atom is 0.314 e. The van der Waals surface area contributed by atoms with E-state index in [0.29, 0.717) is 25.3 Å². The Morgan fingerprint density at radius 3 is 2.50 bits per heavy atom. The number of benzene rings is 1. The Bertz CT molecular complexity index is 446. The second kappa shape index (κ2) is 7.65. The third-order valence-electron chi connectivity index (χ3n) is 3.17. The highest BCUT2D eigenvalue weighted by atomic mass is 16.5. The molecular weight excluding hydrogens is 258 g/mol. The highest BCUT2D eigenvalue weighted by Gasteiger charge is 2.37. The van der Waals surface area contributed by atoms with Crippen molar-refractivity contribution in [1.29, 1.82) is 0 Å². The maximum atomic E-state index is 11.9. The summed E-state index contributed by atoms with van der Waals surface area (Å²) in [5, 5.41) is 12.1. The third-order valence-corrected chi connectivity index (χ3v) is 3.17. The topological polar surface area (TPSA) is 75.6 Å². The lowest BCUT2D eigenvalue weighted by molar-refractivity contribution is -0.145. The molecule has 0 saturated carbocycles. The fraction of sp³-hybridized carbons (Fsp3) is 0.467. The van der Waals surface area contributed by atoms with Crippen LogP contribution in [0.2, 0.25) is 0 Å². The molecule has 5 nitrogen and oxygen atoms in total. The summed E-state index contributed by atoms with van der Waals surface area (Å²) < 4.78 is 5.12. The number of ether oxygens (including phenoxy) is 1. The van der Waals surface area contributed by atoms with Gasteiger partial charge in [0, 0.05) is 19.6 Å². The Morgan fingerprint density at radius 2 is 1.95 bits per heavy atom. The van der Waals surface area contributed by atoms with E-state index in [9.17, 15) is 14.7 Å². The second-order valence-corrected chi connectivity index (χ2v) is 4.73. The van der Waals surface area contributed by atoms with Crippen molar-refractivity contribution in [3.63, 3.8) is 0 Å². The lowest BCUT2D eigenvalue weighted by Crippen LogP contribution is -2.39. The molecule has 1 amide bonds. The van der Waals surface area contributed by atoms with Crippen LogP contribution in [0.25, 0.3) is 0 Å². The van der Waals surface area contributed by atoms with Gasteiger partial charge in [0.1, 0.15) is 0 Å². The Balaban J connectivity index is 2.68. The maximum absolute atomic E-state index is 11.9. The highest BCUT2D eigenvalue weighted by molar-refractivity contribution is 5.89. The predicted octanol–water partition coefficient (Wildman–Crippen LogP) is 1.57. The number of nitrogens with one attached hydrogen (secondary N) is 1. The van der Waals surface area contributed by atoms with E-state index in [1.165, 1.54) is 0 Å². The van der Waals surface area contributed by atoms with Crippen LogP contribution in [0, 0.1) is 0 Å². The van der Waals surface area contributed by atoms with Gasteiger partial charge in [0.2, 0.25) is 5.91 Å². The van der Waals surface area contributed by atoms with Gasteiger partial charge in [-0.2, -0.15) is 0 Å². The van der Waals surface area contributed by atoms with Gasteiger partial charge >= 0.3 is 5.97 Å². The van der Waals surface area contributed by atoms with Crippen molar-refractivity contribution in [3.05, 3.63) is 35.9 Å². The Morgan fingerprint density at radius 1 is 1.30 bits per heavy atom. The summed E-state index contributed by atoms with van der Waals surface area (Å²) in [6.07, 6.45) is -0.0987. The van der Waals surface area contributed by atoms with Crippen LogP contribution in [0.3, 0.4) is 0 Å². The SMILES string of the molecule is CCOCCNC(=O)CC(C)(C(=O)O)c1ccccc1. The van der Waals surface area contributed by atoms with E-state index in [2.05, 4.69) is 5.32 Å². The van der Waals surface area contributed by atoms with Crippen molar-refractivity contribution in [2.75, 3.05) is 19.8 Å². The molecule has 0 aliphatic heterocycles. The molecule has 0 aliphatic rings. The van der Waals surface area contributed by atoms with Gasteiger partial charge in [-0.25, -0.2) is 0 Å². The van der Waals surface area contributed by atoms with Gasteiger partial charge in [-0.1, -0.05) is 30.3 Å². The number of carboxylic acid groups (broad SMARTS) is 1. The lowest BCUT2D eigenvalue weighted by Gasteiger charge is -2.24. The smallest absolute Gasteiger partial charge is 0.314 e. The van der Waals surface area contributed by atoms with E-state index < -0.39 is 11.4 Å². The molecule has 0 aliphatic carbocycles. The van der Waals surface area contributed by atoms with Crippen molar-refractivity contribution in [2.45, 2.75) is 25.7 Å². The van der Waals surface area contributed by atoms with Crippen LogP contribution in [-0.2, 0) is 19.7 Å². The third kappa shape index (κ3) is 4.35. The van der Waals surface area contributed by atoms with Crippen LogP contribution in [0.1, 0.15) is 25.8 Å². The van der Waals surface area contributed by atoms with Crippen molar-refractivity contribution >= 4 is 11.9 Å². The molecule has 0 aromatic heterocycles. The molecule has 1 atom stereocenters. The Hall–Kier alpha value is -1.88. The van der Waals surface area contributed by atoms with E-state index in [1.807, 2.05) is 13.0 Å². The van der Waals surface area contributed by atoms with Crippen LogP contribution in [0.15, 0.2) is 30.3 Å². The lowest BCUT2D eigenvalue weighted by atomic mass is 9.79. The van der Waals surface area contributed by atoms with Crippen molar-refractivity contribution in [1.82, 2.24) is 5.32 Å². The van der Waals surface area contributed by atoms with Gasteiger partial charge in [0.05, 0.1) is 12.0 Å². The molecule has 1 unspecified atom stereocenters. The number of rotatable bonds is 8. The van der Waals surface area contributed by atoms with Crippen LogP contribution < -0.4 is 5.32 Å². The van der Waals surface area contributed by atoms with Gasteiger partial charge in [0.15, 0.2) is 0 Å². The molecule has 1 aromatic rings. The second-order valence-electron chi connectivity index (χ2n) is 4.73. The van der Waals surface area contributed by atoms with Crippen molar-refractivity contribution in [3.8, 4) is 0 Å². The van der Waals surface area contributed by atoms with Gasteiger partial charge in [0.25, 0.3) is 0 Å². The molecule has 0 radical (unpaired) electrons. The fourth-order valence-electron chi connectivity index (χ4n) is 1.90. The average Bonchev–Trinajstić information content (AvgIpc) is 2.44. The molecule has 1 aromatic carbocycles. The van der Waals surface area contributed by atoms with Gasteiger partial charge in [-0.05, 0) is 19.4 Å². The monoisotopic (exact) mass is 279 g/mol. The molecule has 20 heavy (non-hydrogen) atoms. The van der Waals surface area contributed by atoms with Crippen LogP contribution >= 0.6 is 0 Å². The van der Waals surface area contributed by atoms with E-state index in [0.717, 1.165) is 0 Å². The molecule has 2 N–H and O–H groups in total. The van der Waals surface area contributed by atoms with Gasteiger partial charge < -0.3 is 15.2 Å². The molecular formula is C15H21NO4. The van der Waals surface area contributed by atoms with E-state index in [4.69, 9.17) is 4.74 Å².